The SMILES string of the molecule is CCCNC1CCC(N2C(=O)CC(C)(C(C)C)C2=O)CC1. The fourth-order valence-corrected chi connectivity index (χ4v) is 3.57. The minimum Gasteiger partial charge on any atom is -0.314 e. The highest BCUT2D eigenvalue weighted by molar-refractivity contribution is 6.06. The number of nitrogens with zero attached hydrogens (tertiary/aromatic N) is 1. The van der Waals surface area contributed by atoms with Gasteiger partial charge in [0.15, 0.2) is 0 Å². The number of likely N-dealkylation sites (tertiary alicyclic amines) is 1. The molecule has 0 bridgehead atoms. The molecule has 0 aromatic heterocycles. The number of rotatable bonds is 5. The quantitative estimate of drug-likeness (QED) is 0.793. The molecule has 0 spiro atoms. The van der Waals surface area contributed by atoms with Crippen molar-refractivity contribution in [3.05, 3.63) is 0 Å². The van der Waals surface area contributed by atoms with Crippen LogP contribution in [0.4, 0.5) is 0 Å². The number of carbonyl (C=O) groups excluding carboxylic acids is 2. The zero-order chi connectivity index (χ0) is 15.6. The van der Waals surface area contributed by atoms with Crippen molar-refractivity contribution < 1.29 is 9.59 Å². The second-order valence-corrected chi connectivity index (χ2v) is 7.28. The van der Waals surface area contributed by atoms with Crippen LogP contribution in [0.3, 0.4) is 0 Å². The van der Waals surface area contributed by atoms with E-state index in [1.165, 1.54) is 0 Å². The van der Waals surface area contributed by atoms with E-state index in [-0.39, 0.29) is 23.8 Å². The van der Waals surface area contributed by atoms with Crippen LogP contribution in [0.5, 0.6) is 0 Å². The highest BCUT2D eigenvalue weighted by atomic mass is 16.2. The summed E-state index contributed by atoms with van der Waals surface area (Å²) < 4.78 is 0. The van der Waals surface area contributed by atoms with Crippen LogP contribution in [-0.2, 0) is 9.59 Å². The van der Waals surface area contributed by atoms with E-state index in [0.29, 0.717) is 12.5 Å². The Morgan fingerprint density at radius 2 is 1.86 bits per heavy atom. The lowest BCUT2D eigenvalue weighted by Gasteiger charge is -2.35. The lowest BCUT2D eigenvalue weighted by molar-refractivity contribution is -0.145. The monoisotopic (exact) mass is 294 g/mol. The van der Waals surface area contributed by atoms with Crippen LogP contribution in [-0.4, -0.2) is 35.3 Å². The second-order valence-electron chi connectivity index (χ2n) is 7.28. The van der Waals surface area contributed by atoms with Crippen LogP contribution in [0.15, 0.2) is 0 Å². The third-order valence-electron chi connectivity index (χ3n) is 5.51. The Morgan fingerprint density at radius 1 is 1.24 bits per heavy atom. The molecule has 2 amide bonds. The first-order chi connectivity index (χ1) is 9.90. The molecule has 0 radical (unpaired) electrons. The number of carbonyl (C=O) groups is 2. The molecule has 1 heterocycles. The molecule has 120 valence electrons. The van der Waals surface area contributed by atoms with Gasteiger partial charge in [0.25, 0.3) is 0 Å². The van der Waals surface area contributed by atoms with Crippen molar-refractivity contribution in [3.63, 3.8) is 0 Å². The van der Waals surface area contributed by atoms with Crippen molar-refractivity contribution >= 4 is 11.8 Å². The maximum Gasteiger partial charge on any atom is 0.236 e. The first-order valence-corrected chi connectivity index (χ1v) is 8.50. The zero-order valence-corrected chi connectivity index (χ0v) is 13.9. The van der Waals surface area contributed by atoms with E-state index in [4.69, 9.17) is 0 Å². The Kier molecular flexibility index (Phi) is 5.07. The van der Waals surface area contributed by atoms with Gasteiger partial charge in [0, 0.05) is 18.5 Å². The van der Waals surface area contributed by atoms with Crippen LogP contribution in [0.1, 0.15) is 66.2 Å². The minimum atomic E-state index is -0.492. The van der Waals surface area contributed by atoms with Gasteiger partial charge in [-0.25, -0.2) is 0 Å². The summed E-state index contributed by atoms with van der Waals surface area (Å²) in [7, 11) is 0. The van der Waals surface area contributed by atoms with E-state index in [1.54, 1.807) is 4.90 Å². The van der Waals surface area contributed by atoms with Crippen LogP contribution < -0.4 is 5.32 Å². The van der Waals surface area contributed by atoms with Gasteiger partial charge in [0.2, 0.25) is 11.8 Å². The van der Waals surface area contributed by atoms with Gasteiger partial charge in [-0.2, -0.15) is 0 Å². The molecule has 1 aliphatic carbocycles. The molecule has 4 heteroatoms. The van der Waals surface area contributed by atoms with Gasteiger partial charge in [-0.3, -0.25) is 14.5 Å². The summed E-state index contributed by atoms with van der Waals surface area (Å²) in [6.07, 6.45) is 5.58. The fraction of sp³-hybridized carbons (Fsp3) is 0.882. The molecule has 1 atom stereocenters. The summed E-state index contributed by atoms with van der Waals surface area (Å²) in [5.41, 5.74) is -0.492. The molecule has 1 N–H and O–H groups in total. The summed E-state index contributed by atoms with van der Waals surface area (Å²) in [5, 5.41) is 3.55. The first-order valence-electron chi connectivity index (χ1n) is 8.50. The minimum absolute atomic E-state index is 0.0427. The average molecular weight is 294 g/mol. The predicted molar refractivity (Wildman–Crippen MR) is 83.8 cm³/mol. The Morgan fingerprint density at radius 3 is 2.33 bits per heavy atom. The third-order valence-corrected chi connectivity index (χ3v) is 5.51. The van der Waals surface area contributed by atoms with Gasteiger partial charge in [0.05, 0.1) is 5.41 Å². The van der Waals surface area contributed by atoms with E-state index in [9.17, 15) is 9.59 Å². The van der Waals surface area contributed by atoms with Gasteiger partial charge < -0.3 is 5.32 Å². The predicted octanol–water partition coefficient (Wildman–Crippen LogP) is 2.72. The van der Waals surface area contributed by atoms with Gasteiger partial charge in [-0.1, -0.05) is 20.8 Å². The van der Waals surface area contributed by atoms with Gasteiger partial charge in [-0.05, 0) is 51.5 Å². The van der Waals surface area contributed by atoms with Crippen molar-refractivity contribution in [1.29, 1.82) is 0 Å². The van der Waals surface area contributed by atoms with Crippen LogP contribution >= 0.6 is 0 Å². The molecular weight excluding hydrogens is 264 g/mol. The van der Waals surface area contributed by atoms with Crippen molar-refractivity contribution in [2.75, 3.05) is 6.54 Å². The van der Waals surface area contributed by atoms with E-state index < -0.39 is 5.41 Å². The number of hydrogen-bond donors (Lipinski definition) is 1. The standard InChI is InChI=1S/C17H30N2O2/c1-5-10-18-13-6-8-14(9-7-13)19-15(20)11-17(4,12(2)3)16(19)21/h12-14,18H,5-11H2,1-4H3. The average Bonchev–Trinajstić information content (AvgIpc) is 2.69. The molecule has 2 fully saturated rings. The molecule has 0 aromatic carbocycles. The van der Waals surface area contributed by atoms with Gasteiger partial charge in [0.1, 0.15) is 0 Å². The van der Waals surface area contributed by atoms with Crippen molar-refractivity contribution in [2.45, 2.75) is 78.3 Å². The lowest BCUT2D eigenvalue weighted by atomic mass is 9.77. The summed E-state index contributed by atoms with van der Waals surface area (Å²) in [6, 6.07) is 0.691. The molecule has 4 nitrogen and oxygen atoms in total. The maximum absolute atomic E-state index is 12.7. The van der Waals surface area contributed by atoms with Gasteiger partial charge in [-0.15, -0.1) is 0 Å². The summed E-state index contributed by atoms with van der Waals surface area (Å²) in [4.78, 5) is 26.7. The Balaban J connectivity index is 1.97. The molecule has 1 aliphatic heterocycles. The van der Waals surface area contributed by atoms with Crippen LogP contribution in [0.2, 0.25) is 0 Å². The number of imide groups is 1. The normalized spacial score (nSPS) is 34.0. The van der Waals surface area contributed by atoms with Crippen LogP contribution in [0.25, 0.3) is 0 Å². The van der Waals surface area contributed by atoms with E-state index in [0.717, 1.165) is 38.6 Å². The summed E-state index contributed by atoms with van der Waals surface area (Å²) in [6.45, 7) is 9.27. The molecule has 2 rings (SSSR count). The highest BCUT2D eigenvalue weighted by Gasteiger charge is 2.52. The van der Waals surface area contributed by atoms with Crippen molar-refractivity contribution in [2.24, 2.45) is 11.3 Å². The molecule has 21 heavy (non-hydrogen) atoms. The number of hydrogen-bond acceptors (Lipinski definition) is 3. The molecule has 2 aliphatic rings. The largest absolute Gasteiger partial charge is 0.314 e. The third kappa shape index (κ3) is 3.15. The Hall–Kier alpha value is -0.900. The topological polar surface area (TPSA) is 49.4 Å². The van der Waals surface area contributed by atoms with E-state index >= 15 is 0 Å². The Labute approximate surface area is 128 Å². The maximum atomic E-state index is 12.7. The molecular formula is C17H30N2O2. The van der Waals surface area contributed by atoms with E-state index in [2.05, 4.69) is 12.2 Å². The molecule has 1 saturated carbocycles. The first kappa shape index (κ1) is 16.5. The molecule has 1 saturated heterocycles. The van der Waals surface area contributed by atoms with Crippen molar-refractivity contribution in [1.82, 2.24) is 10.2 Å². The second kappa shape index (κ2) is 6.47. The summed E-state index contributed by atoms with van der Waals surface area (Å²) in [5.74, 6) is 0.315. The zero-order valence-electron chi connectivity index (χ0n) is 13.9. The van der Waals surface area contributed by atoms with E-state index in [1.807, 2.05) is 20.8 Å². The molecule has 1 unspecified atom stereocenters. The molecule has 0 aromatic rings. The fourth-order valence-electron chi connectivity index (χ4n) is 3.57. The number of nitrogens with one attached hydrogen (secondary N) is 1. The Bertz CT molecular complexity index is 400. The van der Waals surface area contributed by atoms with Gasteiger partial charge >= 0.3 is 0 Å². The lowest BCUT2D eigenvalue weighted by Crippen LogP contribution is -2.47. The van der Waals surface area contributed by atoms with Crippen LogP contribution in [0, 0.1) is 11.3 Å². The summed E-state index contributed by atoms with van der Waals surface area (Å²) >= 11 is 0. The van der Waals surface area contributed by atoms with Crippen molar-refractivity contribution in [3.8, 4) is 0 Å². The smallest absolute Gasteiger partial charge is 0.236 e. The number of amides is 2. The highest BCUT2D eigenvalue weighted by Crippen LogP contribution is 2.41.